The summed E-state index contributed by atoms with van der Waals surface area (Å²) >= 11 is 6.19. The van der Waals surface area contributed by atoms with Crippen LogP contribution in [0.1, 0.15) is 27.6 Å². The molecule has 2 aromatic rings. The van der Waals surface area contributed by atoms with Gasteiger partial charge in [-0.3, -0.25) is 14.4 Å². The molecule has 1 aliphatic rings. The monoisotopic (exact) mass is 388 g/mol. The average molecular weight is 388 g/mol. The van der Waals surface area contributed by atoms with E-state index in [1.165, 1.54) is 11.3 Å². The highest BCUT2D eigenvalue weighted by Crippen LogP contribution is 2.33. The van der Waals surface area contributed by atoms with Crippen LogP contribution in [0.3, 0.4) is 0 Å². The number of Topliss-reactive ketones (excluding diaryl/α,β-unsaturated/α-hetero) is 1. The maximum atomic E-state index is 12.6. The van der Waals surface area contributed by atoms with E-state index in [4.69, 9.17) is 17.0 Å². The first-order chi connectivity index (χ1) is 12.5. The van der Waals surface area contributed by atoms with E-state index in [2.05, 4.69) is 10.6 Å². The number of hydrogen-bond acceptors (Lipinski definition) is 6. The molecular formula is C18H16N2O4S2. The number of nitrogens with one attached hydrogen (secondary N) is 2. The summed E-state index contributed by atoms with van der Waals surface area (Å²) in [6.07, 6.45) is 0.0328. The molecule has 0 bridgehead atoms. The molecule has 1 aromatic carbocycles. The second kappa shape index (κ2) is 7.76. The molecule has 1 saturated heterocycles. The normalized spacial score (nSPS) is 16.0. The number of thiocarbonyl (C=S) groups is 1. The fraction of sp³-hybridized carbons (Fsp3) is 0.222. The highest BCUT2D eigenvalue weighted by atomic mass is 32.1. The predicted molar refractivity (Wildman–Crippen MR) is 101 cm³/mol. The standard InChI is InChI=1S/C18H16N2O4S2/c1-24-11-6-4-10(5-7-11)12(9-13(21)14-3-2-8-26-14)15-16(22)19-18(25)20-17(15)23/h2-8,12,15H,9H2,1H3,(H2,19,20,22,23,25)/t12-/m1/s1. The van der Waals surface area contributed by atoms with Crippen LogP contribution in [0.25, 0.3) is 0 Å². The molecule has 0 saturated carbocycles. The van der Waals surface area contributed by atoms with Gasteiger partial charge in [-0.25, -0.2) is 0 Å². The fourth-order valence-electron chi connectivity index (χ4n) is 2.91. The third kappa shape index (κ3) is 3.81. The molecule has 3 rings (SSSR count). The Balaban J connectivity index is 1.94. The molecule has 134 valence electrons. The second-order valence-electron chi connectivity index (χ2n) is 5.77. The zero-order valence-electron chi connectivity index (χ0n) is 13.9. The number of carbonyl (C=O) groups excluding carboxylic acids is 3. The van der Waals surface area contributed by atoms with E-state index in [9.17, 15) is 14.4 Å². The van der Waals surface area contributed by atoms with Crippen LogP contribution in [0.15, 0.2) is 41.8 Å². The van der Waals surface area contributed by atoms with E-state index in [-0.39, 0.29) is 17.3 Å². The summed E-state index contributed by atoms with van der Waals surface area (Å²) in [7, 11) is 1.55. The van der Waals surface area contributed by atoms with Crippen molar-refractivity contribution in [2.45, 2.75) is 12.3 Å². The predicted octanol–water partition coefficient (Wildman–Crippen LogP) is 2.26. The van der Waals surface area contributed by atoms with Crippen LogP contribution in [-0.2, 0) is 9.59 Å². The average Bonchev–Trinajstić information content (AvgIpc) is 3.15. The summed E-state index contributed by atoms with van der Waals surface area (Å²) in [6.45, 7) is 0. The van der Waals surface area contributed by atoms with Crippen LogP contribution in [0.2, 0.25) is 0 Å². The van der Waals surface area contributed by atoms with Gasteiger partial charge in [-0.05, 0) is 41.4 Å². The minimum atomic E-state index is -1.04. The van der Waals surface area contributed by atoms with Crippen LogP contribution in [0, 0.1) is 5.92 Å². The molecule has 2 heterocycles. The van der Waals surface area contributed by atoms with Gasteiger partial charge in [0.05, 0.1) is 12.0 Å². The van der Waals surface area contributed by atoms with Crippen molar-refractivity contribution >= 4 is 46.3 Å². The van der Waals surface area contributed by atoms with Gasteiger partial charge in [-0.2, -0.15) is 0 Å². The van der Waals surface area contributed by atoms with Crippen molar-refractivity contribution in [1.29, 1.82) is 0 Å². The summed E-state index contributed by atoms with van der Waals surface area (Å²) in [6, 6.07) is 10.5. The van der Waals surface area contributed by atoms with Gasteiger partial charge in [0.2, 0.25) is 11.8 Å². The molecule has 1 fully saturated rings. The topological polar surface area (TPSA) is 84.5 Å². The number of carbonyl (C=O) groups is 3. The van der Waals surface area contributed by atoms with Crippen molar-refractivity contribution in [2.24, 2.45) is 5.92 Å². The highest BCUT2D eigenvalue weighted by Gasteiger charge is 2.40. The first-order valence-electron chi connectivity index (χ1n) is 7.86. The van der Waals surface area contributed by atoms with Crippen LogP contribution in [-0.4, -0.2) is 29.8 Å². The Morgan fingerprint density at radius 2 is 1.85 bits per heavy atom. The van der Waals surface area contributed by atoms with Crippen molar-refractivity contribution in [3.8, 4) is 5.75 Å². The van der Waals surface area contributed by atoms with Gasteiger partial charge in [0.25, 0.3) is 0 Å². The summed E-state index contributed by atoms with van der Waals surface area (Å²) < 4.78 is 5.15. The number of amides is 2. The quantitative estimate of drug-likeness (QED) is 0.451. The molecule has 8 heteroatoms. The number of rotatable bonds is 6. The lowest BCUT2D eigenvalue weighted by atomic mass is 9.80. The summed E-state index contributed by atoms with van der Waals surface area (Å²) in [4.78, 5) is 38.1. The third-order valence-corrected chi connectivity index (χ3v) is 5.30. The molecule has 0 aliphatic carbocycles. The van der Waals surface area contributed by atoms with Gasteiger partial charge >= 0.3 is 0 Å². The van der Waals surface area contributed by atoms with Crippen LogP contribution in [0.4, 0.5) is 0 Å². The van der Waals surface area contributed by atoms with Crippen molar-refractivity contribution < 1.29 is 19.1 Å². The highest BCUT2D eigenvalue weighted by molar-refractivity contribution is 7.80. The summed E-state index contributed by atoms with van der Waals surface area (Å²) in [5.74, 6) is -2.12. The Labute approximate surface area is 159 Å². The van der Waals surface area contributed by atoms with Gasteiger partial charge in [-0.1, -0.05) is 18.2 Å². The Morgan fingerprint density at radius 3 is 2.38 bits per heavy atom. The summed E-state index contributed by atoms with van der Waals surface area (Å²) in [5, 5.41) is 6.73. The molecule has 1 aliphatic heterocycles. The van der Waals surface area contributed by atoms with Crippen molar-refractivity contribution in [1.82, 2.24) is 10.6 Å². The van der Waals surface area contributed by atoms with Gasteiger partial charge in [0.1, 0.15) is 11.7 Å². The Bertz CT molecular complexity index is 827. The molecule has 0 radical (unpaired) electrons. The first kappa shape index (κ1) is 18.2. The molecule has 1 atom stereocenters. The van der Waals surface area contributed by atoms with E-state index in [1.54, 1.807) is 43.5 Å². The van der Waals surface area contributed by atoms with Crippen molar-refractivity contribution in [3.05, 3.63) is 52.2 Å². The number of methoxy groups -OCH3 is 1. The Kier molecular flexibility index (Phi) is 5.43. The fourth-order valence-corrected chi connectivity index (χ4v) is 3.79. The van der Waals surface area contributed by atoms with Gasteiger partial charge in [0.15, 0.2) is 10.9 Å². The molecule has 0 spiro atoms. The SMILES string of the molecule is COc1ccc([C@@H](CC(=O)c2cccs2)C2C(=O)NC(=S)NC2=O)cc1. The maximum Gasteiger partial charge on any atom is 0.239 e. The molecular weight excluding hydrogens is 372 g/mol. The zero-order chi connectivity index (χ0) is 18.7. The number of ketones is 1. The minimum Gasteiger partial charge on any atom is -0.497 e. The Hall–Kier alpha value is -2.58. The Morgan fingerprint density at radius 1 is 1.19 bits per heavy atom. The van der Waals surface area contributed by atoms with Crippen molar-refractivity contribution in [2.75, 3.05) is 7.11 Å². The maximum absolute atomic E-state index is 12.6. The lowest BCUT2D eigenvalue weighted by Gasteiger charge is -2.29. The third-order valence-electron chi connectivity index (χ3n) is 4.19. The van der Waals surface area contributed by atoms with Crippen LogP contribution in [0.5, 0.6) is 5.75 Å². The lowest BCUT2D eigenvalue weighted by molar-refractivity contribution is -0.136. The molecule has 2 N–H and O–H groups in total. The van der Waals surface area contributed by atoms with Crippen molar-refractivity contribution in [3.63, 3.8) is 0 Å². The number of thiophene rings is 1. The molecule has 26 heavy (non-hydrogen) atoms. The molecule has 0 unspecified atom stereocenters. The molecule has 1 aromatic heterocycles. The van der Waals surface area contributed by atoms with Gasteiger partial charge < -0.3 is 15.4 Å². The van der Waals surface area contributed by atoms with E-state index in [1.807, 2.05) is 5.38 Å². The minimum absolute atomic E-state index is 0.0192. The number of benzene rings is 1. The van der Waals surface area contributed by atoms with Crippen LogP contribution >= 0.6 is 23.6 Å². The second-order valence-corrected chi connectivity index (χ2v) is 7.13. The van der Waals surface area contributed by atoms with E-state index < -0.39 is 23.7 Å². The molecule has 6 nitrogen and oxygen atoms in total. The van der Waals surface area contributed by atoms with Gasteiger partial charge in [0, 0.05) is 12.3 Å². The van der Waals surface area contributed by atoms with Gasteiger partial charge in [-0.15, -0.1) is 11.3 Å². The lowest BCUT2D eigenvalue weighted by Crippen LogP contribution is -2.57. The zero-order valence-corrected chi connectivity index (χ0v) is 15.5. The van der Waals surface area contributed by atoms with E-state index in [0.717, 1.165) is 0 Å². The smallest absolute Gasteiger partial charge is 0.239 e. The van der Waals surface area contributed by atoms with Crippen LogP contribution < -0.4 is 15.4 Å². The summed E-state index contributed by atoms with van der Waals surface area (Å²) in [5.41, 5.74) is 0.707. The number of ether oxygens (including phenoxy) is 1. The number of hydrogen-bond donors (Lipinski definition) is 2. The first-order valence-corrected chi connectivity index (χ1v) is 9.14. The van der Waals surface area contributed by atoms with E-state index in [0.29, 0.717) is 16.2 Å². The van der Waals surface area contributed by atoms with E-state index >= 15 is 0 Å². The largest absolute Gasteiger partial charge is 0.497 e. The molecule has 2 amide bonds.